The molecule has 7 aromatic rings. The number of oxazole rings is 2. The topological polar surface area (TPSA) is 58.5 Å². The molecule has 2 aromatic heterocycles. The molecule has 7 heteroatoms. The Bertz CT molecular complexity index is 1820. The normalized spacial score (nSPS) is 13.7. The Hall–Kier alpha value is -5.01. The van der Waals surface area contributed by atoms with Crippen LogP contribution in [0.2, 0.25) is 0 Å². The first-order chi connectivity index (χ1) is 19.8. The number of para-hydroxylation sites is 4. The Labute approximate surface area is 233 Å². The standard InChI is InChI=1S/C33H20N4O2S/c1-3-11-24-20(9-1)17-21-10-2-4-12-25(21)36(24)32-34-22-18-29-23(19-28(22)38-32)35-33(39-29)37-26-13-5-7-15-30(26)40-31-16-8-6-14-27(31)37/h1-16,18-19H,17H2. The van der Waals surface area contributed by atoms with Gasteiger partial charge in [0.15, 0.2) is 11.2 Å². The van der Waals surface area contributed by atoms with Crippen LogP contribution >= 0.6 is 11.8 Å². The Kier molecular flexibility index (Phi) is 4.51. The molecule has 0 spiro atoms. The molecule has 0 bridgehead atoms. The molecule has 0 saturated heterocycles. The smallest absolute Gasteiger partial charge is 0.307 e. The van der Waals surface area contributed by atoms with E-state index in [9.17, 15) is 0 Å². The molecule has 0 atom stereocenters. The lowest BCUT2D eigenvalue weighted by Gasteiger charge is -2.30. The third-order valence-electron chi connectivity index (χ3n) is 7.54. The van der Waals surface area contributed by atoms with Crippen LogP contribution in [0.5, 0.6) is 0 Å². The molecule has 40 heavy (non-hydrogen) atoms. The first-order valence-electron chi connectivity index (χ1n) is 13.1. The van der Waals surface area contributed by atoms with E-state index in [1.54, 1.807) is 11.8 Å². The van der Waals surface area contributed by atoms with E-state index in [0.29, 0.717) is 23.2 Å². The number of anilines is 6. The van der Waals surface area contributed by atoms with Gasteiger partial charge in [0.2, 0.25) is 0 Å². The van der Waals surface area contributed by atoms with Gasteiger partial charge in [-0.05, 0) is 47.5 Å². The SMILES string of the molecule is c1ccc2c(c1)Cc1ccccc1N2c1nc2cc3oc(N4c5ccccc5Sc5ccccc54)nc3cc2o1. The predicted molar refractivity (Wildman–Crippen MR) is 158 cm³/mol. The Balaban J connectivity index is 1.18. The Morgan fingerprint density at radius 1 is 0.525 bits per heavy atom. The molecule has 0 unspecified atom stereocenters. The lowest BCUT2D eigenvalue weighted by Crippen LogP contribution is -2.18. The summed E-state index contributed by atoms with van der Waals surface area (Å²) in [6, 6.07) is 38.3. The first-order valence-corrected chi connectivity index (χ1v) is 13.9. The maximum Gasteiger partial charge on any atom is 0.307 e. The van der Waals surface area contributed by atoms with Crippen molar-refractivity contribution in [2.75, 3.05) is 9.80 Å². The molecule has 0 amide bonds. The minimum absolute atomic E-state index is 0.516. The summed E-state index contributed by atoms with van der Waals surface area (Å²) in [5.74, 6) is 0. The monoisotopic (exact) mass is 536 g/mol. The van der Waals surface area contributed by atoms with Crippen LogP contribution in [-0.4, -0.2) is 9.97 Å². The third kappa shape index (κ3) is 3.18. The van der Waals surface area contributed by atoms with Crippen molar-refractivity contribution in [1.82, 2.24) is 9.97 Å². The summed E-state index contributed by atoms with van der Waals surface area (Å²) < 4.78 is 12.8. The van der Waals surface area contributed by atoms with Gasteiger partial charge in [-0.2, -0.15) is 9.97 Å². The lowest BCUT2D eigenvalue weighted by atomic mass is 9.96. The minimum Gasteiger partial charge on any atom is -0.423 e. The van der Waals surface area contributed by atoms with E-state index >= 15 is 0 Å². The van der Waals surface area contributed by atoms with Gasteiger partial charge >= 0.3 is 12.0 Å². The molecule has 9 rings (SSSR count). The summed E-state index contributed by atoms with van der Waals surface area (Å²) in [4.78, 5) is 16.4. The van der Waals surface area contributed by atoms with Crippen molar-refractivity contribution in [2.24, 2.45) is 0 Å². The second-order valence-electron chi connectivity index (χ2n) is 9.92. The van der Waals surface area contributed by atoms with E-state index in [2.05, 4.69) is 94.7 Å². The molecule has 2 aliphatic rings. The molecule has 5 aromatic carbocycles. The molecule has 190 valence electrons. The number of nitrogens with zero attached hydrogens (tertiary/aromatic N) is 4. The zero-order valence-corrected chi connectivity index (χ0v) is 21.9. The minimum atomic E-state index is 0.516. The van der Waals surface area contributed by atoms with Gasteiger partial charge in [-0.1, -0.05) is 72.4 Å². The van der Waals surface area contributed by atoms with Crippen molar-refractivity contribution in [3.05, 3.63) is 120 Å². The van der Waals surface area contributed by atoms with Gasteiger partial charge in [0.25, 0.3) is 0 Å². The average molecular weight is 537 g/mol. The van der Waals surface area contributed by atoms with E-state index in [-0.39, 0.29) is 0 Å². The number of aromatic nitrogens is 2. The number of fused-ring (bicyclic) bond motifs is 6. The number of hydrogen-bond donors (Lipinski definition) is 0. The molecule has 6 nitrogen and oxygen atoms in total. The van der Waals surface area contributed by atoms with Crippen LogP contribution in [0.25, 0.3) is 22.2 Å². The quantitative estimate of drug-likeness (QED) is 0.218. The van der Waals surface area contributed by atoms with Crippen molar-refractivity contribution >= 4 is 68.7 Å². The van der Waals surface area contributed by atoms with Crippen LogP contribution in [0.4, 0.5) is 34.8 Å². The van der Waals surface area contributed by atoms with Crippen LogP contribution in [0.1, 0.15) is 11.1 Å². The second kappa shape index (κ2) is 8.24. The highest BCUT2D eigenvalue weighted by atomic mass is 32.2. The van der Waals surface area contributed by atoms with E-state index in [1.807, 2.05) is 24.3 Å². The molecule has 0 saturated carbocycles. The number of benzene rings is 5. The lowest BCUT2D eigenvalue weighted by molar-refractivity contribution is 0.605. The van der Waals surface area contributed by atoms with Gasteiger partial charge in [-0.3, -0.25) is 9.80 Å². The summed E-state index contributed by atoms with van der Waals surface area (Å²) >= 11 is 1.76. The van der Waals surface area contributed by atoms with Gasteiger partial charge in [0.1, 0.15) is 11.0 Å². The molecule has 0 radical (unpaired) electrons. The van der Waals surface area contributed by atoms with Crippen LogP contribution < -0.4 is 9.80 Å². The summed E-state index contributed by atoms with van der Waals surface area (Å²) in [7, 11) is 0. The van der Waals surface area contributed by atoms with Gasteiger partial charge in [-0.25, -0.2) is 0 Å². The van der Waals surface area contributed by atoms with Crippen LogP contribution in [-0.2, 0) is 6.42 Å². The van der Waals surface area contributed by atoms with Crippen LogP contribution in [0.3, 0.4) is 0 Å². The summed E-state index contributed by atoms with van der Waals surface area (Å²) in [5.41, 5.74) is 9.50. The van der Waals surface area contributed by atoms with Crippen LogP contribution in [0, 0.1) is 0 Å². The van der Waals surface area contributed by atoms with Crippen molar-refractivity contribution in [3.63, 3.8) is 0 Å². The van der Waals surface area contributed by atoms with Crippen molar-refractivity contribution < 1.29 is 8.83 Å². The first kappa shape index (κ1) is 21.9. The second-order valence-corrected chi connectivity index (χ2v) is 11.0. The van der Waals surface area contributed by atoms with Gasteiger partial charge < -0.3 is 8.83 Å². The summed E-state index contributed by atoms with van der Waals surface area (Å²) in [6.45, 7) is 0. The number of rotatable bonds is 2. The van der Waals surface area contributed by atoms with Crippen molar-refractivity contribution in [3.8, 4) is 0 Å². The average Bonchev–Trinajstić information content (AvgIpc) is 3.60. The highest BCUT2D eigenvalue weighted by Crippen LogP contribution is 2.51. The molecule has 4 heterocycles. The summed E-state index contributed by atoms with van der Waals surface area (Å²) in [5, 5.41) is 0. The van der Waals surface area contributed by atoms with E-state index in [0.717, 1.165) is 50.0 Å². The molecular formula is C33H20N4O2S. The molecule has 0 fully saturated rings. The van der Waals surface area contributed by atoms with Gasteiger partial charge in [0.05, 0.1) is 22.7 Å². The fourth-order valence-corrected chi connectivity index (χ4v) is 6.78. The van der Waals surface area contributed by atoms with Crippen LogP contribution in [0.15, 0.2) is 128 Å². The maximum atomic E-state index is 6.41. The molecular weight excluding hydrogens is 516 g/mol. The zero-order valence-electron chi connectivity index (χ0n) is 21.1. The largest absolute Gasteiger partial charge is 0.423 e. The zero-order chi connectivity index (χ0) is 26.2. The van der Waals surface area contributed by atoms with Gasteiger partial charge in [0, 0.05) is 28.3 Å². The fraction of sp³-hybridized carbons (Fsp3) is 0.0303. The molecule has 0 aliphatic carbocycles. The van der Waals surface area contributed by atoms with Crippen molar-refractivity contribution in [2.45, 2.75) is 16.2 Å². The molecule has 2 aliphatic heterocycles. The highest BCUT2D eigenvalue weighted by molar-refractivity contribution is 7.99. The van der Waals surface area contributed by atoms with E-state index in [1.165, 1.54) is 11.1 Å². The summed E-state index contributed by atoms with van der Waals surface area (Å²) in [6.07, 6.45) is 0.879. The number of hydrogen-bond acceptors (Lipinski definition) is 7. The Morgan fingerprint density at radius 3 is 1.48 bits per heavy atom. The van der Waals surface area contributed by atoms with E-state index < -0.39 is 0 Å². The Morgan fingerprint density at radius 2 is 0.950 bits per heavy atom. The fourth-order valence-electron chi connectivity index (χ4n) is 5.73. The maximum absolute atomic E-state index is 6.41. The van der Waals surface area contributed by atoms with E-state index in [4.69, 9.17) is 18.8 Å². The molecule has 0 N–H and O–H groups in total. The van der Waals surface area contributed by atoms with Gasteiger partial charge in [-0.15, -0.1) is 0 Å². The van der Waals surface area contributed by atoms with Crippen molar-refractivity contribution in [1.29, 1.82) is 0 Å². The third-order valence-corrected chi connectivity index (χ3v) is 8.67. The predicted octanol–water partition coefficient (Wildman–Crippen LogP) is 9.28. The highest BCUT2D eigenvalue weighted by Gasteiger charge is 2.29.